The third-order valence-corrected chi connectivity index (χ3v) is 6.63. The average molecular weight is 464 g/mol. The lowest BCUT2D eigenvalue weighted by Crippen LogP contribution is -2.25. The van der Waals surface area contributed by atoms with Gasteiger partial charge in [-0.2, -0.15) is 0 Å². The molecule has 0 saturated heterocycles. The van der Waals surface area contributed by atoms with Crippen molar-refractivity contribution in [2.45, 2.75) is 31.7 Å². The largest absolute Gasteiger partial charge is 0.326 e. The van der Waals surface area contributed by atoms with E-state index in [1.165, 1.54) is 24.6 Å². The van der Waals surface area contributed by atoms with Crippen molar-refractivity contribution in [1.82, 2.24) is 19.3 Å². The average Bonchev–Trinajstić information content (AvgIpc) is 3.16. The topological polar surface area (TPSA) is 106 Å². The standard InChI is InChI=1S/C24H25N5O3S/c1-17-6-8-19(9-7-17)23-28-22-5-3-14-25-24(22)29(23)16-4-15-26-33(31,32)21-12-10-20(11-13-21)27-18(2)30/h3,5-14,26H,4,15-16H2,1-2H3,(H,27,30). The number of hydrogen-bond donors (Lipinski definition) is 2. The van der Waals surface area contributed by atoms with E-state index in [2.05, 4.69) is 15.0 Å². The summed E-state index contributed by atoms with van der Waals surface area (Å²) in [6.07, 6.45) is 2.29. The number of nitrogens with one attached hydrogen (secondary N) is 2. The Morgan fingerprint density at radius 3 is 2.45 bits per heavy atom. The predicted octanol–water partition coefficient (Wildman–Crippen LogP) is 3.73. The Kier molecular flexibility index (Phi) is 6.52. The number of fused-ring (bicyclic) bond motifs is 1. The van der Waals surface area contributed by atoms with Gasteiger partial charge in [-0.25, -0.2) is 23.1 Å². The van der Waals surface area contributed by atoms with Gasteiger partial charge >= 0.3 is 0 Å². The normalized spacial score (nSPS) is 11.6. The van der Waals surface area contributed by atoms with Gasteiger partial charge in [0.1, 0.15) is 11.3 Å². The second kappa shape index (κ2) is 9.51. The van der Waals surface area contributed by atoms with Crippen molar-refractivity contribution < 1.29 is 13.2 Å². The van der Waals surface area contributed by atoms with E-state index in [0.29, 0.717) is 18.7 Å². The summed E-state index contributed by atoms with van der Waals surface area (Å²) in [5, 5.41) is 2.62. The maximum absolute atomic E-state index is 12.6. The number of aryl methyl sites for hydroxylation is 2. The summed E-state index contributed by atoms with van der Waals surface area (Å²) in [6, 6.07) is 18.0. The van der Waals surface area contributed by atoms with Crippen molar-refractivity contribution in [1.29, 1.82) is 0 Å². The Labute approximate surface area is 192 Å². The van der Waals surface area contributed by atoms with Gasteiger partial charge in [-0.1, -0.05) is 29.8 Å². The Morgan fingerprint density at radius 1 is 1.03 bits per heavy atom. The van der Waals surface area contributed by atoms with Crippen LogP contribution in [0.25, 0.3) is 22.6 Å². The number of imidazole rings is 1. The van der Waals surface area contributed by atoms with E-state index in [1.807, 2.05) is 47.9 Å². The van der Waals surface area contributed by atoms with Crippen LogP contribution in [0.1, 0.15) is 18.9 Å². The van der Waals surface area contributed by atoms with Crippen molar-refractivity contribution in [2.75, 3.05) is 11.9 Å². The summed E-state index contributed by atoms with van der Waals surface area (Å²) >= 11 is 0. The zero-order chi connectivity index (χ0) is 23.4. The number of carbonyl (C=O) groups excluding carboxylic acids is 1. The summed E-state index contributed by atoms with van der Waals surface area (Å²) in [4.78, 5) is 20.5. The van der Waals surface area contributed by atoms with Gasteiger partial charge in [0.15, 0.2) is 5.65 Å². The summed E-state index contributed by atoms with van der Waals surface area (Å²) in [5.41, 5.74) is 4.26. The van der Waals surface area contributed by atoms with Crippen LogP contribution < -0.4 is 10.0 Å². The van der Waals surface area contributed by atoms with Crippen molar-refractivity contribution in [3.8, 4) is 11.4 Å². The fourth-order valence-corrected chi connectivity index (χ4v) is 4.62. The van der Waals surface area contributed by atoms with E-state index in [-0.39, 0.29) is 17.3 Å². The van der Waals surface area contributed by atoms with Crippen LogP contribution in [0.3, 0.4) is 0 Å². The lowest BCUT2D eigenvalue weighted by Gasteiger charge is -2.11. The molecule has 0 aliphatic heterocycles. The zero-order valence-electron chi connectivity index (χ0n) is 18.4. The zero-order valence-corrected chi connectivity index (χ0v) is 19.3. The molecule has 2 aromatic carbocycles. The first-order chi connectivity index (χ1) is 15.8. The maximum Gasteiger partial charge on any atom is 0.240 e. The van der Waals surface area contributed by atoms with E-state index in [1.54, 1.807) is 18.3 Å². The van der Waals surface area contributed by atoms with Crippen molar-refractivity contribution in [3.63, 3.8) is 0 Å². The Bertz CT molecular complexity index is 1380. The second-order valence-electron chi connectivity index (χ2n) is 7.76. The first-order valence-electron chi connectivity index (χ1n) is 10.6. The number of anilines is 1. The van der Waals surface area contributed by atoms with E-state index in [0.717, 1.165) is 22.6 Å². The third-order valence-electron chi connectivity index (χ3n) is 5.15. The Morgan fingerprint density at radius 2 is 1.76 bits per heavy atom. The molecule has 0 radical (unpaired) electrons. The second-order valence-corrected chi connectivity index (χ2v) is 9.52. The van der Waals surface area contributed by atoms with Gasteiger partial charge in [-0.05, 0) is 49.7 Å². The number of hydrogen-bond acceptors (Lipinski definition) is 5. The van der Waals surface area contributed by atoms with Crippen LogP contribution >= 0.6 is 0 Å². The molecule has 33 heavy (non-hydrogen) atoms. The Hall–Kier alpha value is -3.56. The van der Waals surface area contributed by atoms with E-state index in [9.17, 15) is 13.2 Å². The molecule has 4 aromatic rings. The lowest BCUT2D eigenvalue weighted by atomic mass is 10.1. The minimum atomic E-state index is -3.66. The number of amides is 1. The third kappa shape index (κ3) is 5.27. The molecule has 0 unspecified atom stereocenters. The molecule has 170 valence electrons. The number of pyridine rings is 1. The fourth-order valence-electron chi connectivity index (χ4n) is 3.54. The smallest absolute Gasteiger partial charge is 0.240 e. The molecule has 9 heteroatoms. The molecule has 2 heterocycles. The van der Waals surface area contributed by atoms with Crippen molar-refractivity contribution in [3.05, 3.63) is 72.4 Å². The van der Waals surface area contributed by atoms with Crippen molar-refractivity contribution in [2.24, 2.45) is 0 Å². The van der Waals surface area contributed by atoms with Crippen LogP contribution in [-0.4, -0.2) is 35.4 Å². The number of sulfonamides is 1. The highest BCUT2D eigenvalue weighted by atomic mass is 32.2. The quantitative estimate of drug-likeness (QED) is 0.387. The van der Waals surface area contributed by atoms with E-state index >= 15 is 0 Å². The lowest BCUT2D eigenvalue weighted by molar-refractivity contribution is -0.114. The molecule has 4 rings (SSSR count). The summed E-state index contributed by atoms with van der Waals surface area (Å²) in [6.45, 7) is 4.25. The minimum Gasteiger partial charge on any atom is -0.326 e. The Balaban J connectivity index is 1.46. The molecule has 0 bridgehead atoms. The van der Waals surface area contributed by atoms with Gasteiger partial charge < -0.3 is 9.88 Å². The van der Waals surface area contributed by atoms with Gasteiger partial charge in [0.05, 0.1) is 4.90 Å². The highest BCUT2D eigenvalue weighted by Gasteiger charge is 2.16. The summed E-state index contributed by atoms with van der Waals surface area (Å²) < 4.78 is 29.9. The maximum atomic E-state index is 12.6. The SMILES string of the molecule is CC(=O)Nc1ccc(S(=O)(=O)NCCCn2c(-c3ccc(C)cc3)nc3cccnc32)cc1. The number of rotatable bonds is 8. The van der Waals surface area contributed by atoms with Crippen LogP contribution in [0, 0.1) is 6.92 Å². The highest BCUT2D eigenvalue weighted by Crippen LogP contribution is 2.24. The fraction of sp³-hybridized carbons (Fsp3) is 0.208. The first-order valence-corrected chi connectivity index (χ1v) is 12.1. The number of carbonyl (C=O) groups is 1. The van der Waals surface area contributed by atoms with Crippen LogP contribution in [0.15, 0.2) is 71.8 Å². The molecule has 0 atom stereocenters. The highest BCUT2D eigenvalue weighted by molar-refractivity contribution is 7.89. The van der Waals surface area contributed by atoms with Gasteiger partial charge in [0, 0.05) is 37.5 Å². The van der Waals surface area contributed by atoms with Gasteiger partial charge in [-0.3, -0.25) is 4.79 Å². The van der Waals surface area contributed by atoms with E-state index in [4.69, 9.17) is 4.98 Å². The molecule has 8 nitrogen and oxygen atoms in total. The first kappa shape index (κ1) is 22.6. The van der Waals surface area contributed by atoms with Crippen molar-refractivity contribution >= 4 is 32.8 Å². The molecule has 0 saturated carbocycles. The number of benzene rings is 2. The molecule has 0 aliphatic carbocycles. The molecule has 2 aromatic heterocycles. The van der Waals surface area contributed by atoms with Crippen LogP contribution in [-0.2, 0) is 21.4 Å². The van der Waals surface area contributed by atoms with Crippen LogP contribution in [0.5, 0.6) is 0 Å². The molecule has 0 spiro atoms. The molecule has 0 aliphatic rings. The summed E-state index contributed by atoms with van der Waals surface area (Å²) in [5.74, 6) is 0.593. The van der Waals surface area contributed by atoms with Gasteiger partial charge in [-0.15, -0.1) is 0 Å². The predicted molar refractivity (Wildman–Crippen MR) is 128 cm³/mol. The van der Waals surface area contributed by atoms with E-state index < -0.39 is 10.0 Å². The van der Waals surface area contributed by atoms with Gasteiger partial charge in [0.2, 0.25) is 15.9 Å². The van der Waals surface area contributed by atoms with Gasteiger partial charge in [0.25, 0.3) is 0 Å². The molecular formula is C24H25N5O3S. The molecule has 2 N–H and O–H groups in total. The minimum absolute atomic E-state index is 0.145. The molecular weight excluding hydrogens is 438 g/mol. The number of aromatic nitrogens is 3. The molecule has 1 amide bonds. The van der Waals surface area contributed by atoms with Crippen LogP contribution in [0.4, 0.5) is 5.69 Å². The van der Waals surface area contributed by atoms with Crippen LogP contribution in [0.2, 0.25) is 0 Å². The molecule has 0 fully saturated rings. The monoisotopic (exact) mass is 463 g/mol. The number of nitrogens with zero attached hydrogens (tertiary/aromatic N) is 3. The summed E-state index contributed by atoms with van der Waals surface area (Å²) in [7, 11) is -3.66.